The third-order valence-corrected chi connectivity index (χ3v) is 6.45. The number of nitrogens with one attached hydrogen (secondary N) is 1. The van der Waals surface area contributed by atoms with Crippen LogP contribution < -0.4 is 5.32 Å². The highest BCUT2D eigenvalue weighted by Gasteiger charge is 2.31. The van der Waals surface area contributed by atoms with Gasteiger partial charge in [-0.3, -0.25) is 4.79 Å². The summed E-state index contributed by atoms with van der Waals surface area (Å²) >= 11 is 6.04. The first-order chi connectivity index (χ1) is 10.8. The van der Waals surface area contributed by atoms with E-state index in [9.17, 15) is 13.2 Å². The lowest BCUT2D eigenvalue weighted by Crippen LogP contribution is -2.43. The summed E-state index contributed by atoms with van der Waals surface area (Å²) in [6.07, 6.45) is 1.64. The van der Waals surface area contributed by atoms with Gasteiger partial charge >= 0.3 is 5.97 Å². The maximum Gasteiger partial charge on any atom is 0.317 e. The number of carboxylic acids is 1. The van der Waals surface area contributed by atoms with Gasteiger partial charge in [0, 0.05) is 18.1 Å². The normalized spacial score (nSPS) is 19.7. The lowest BCUT2D eigenvalue weighted by molar-refractivity contribution is -0.136. The molecule has 23 heavy (non-hydrogen) atoms. The Bertz CT molecular complexity index is 678. The predicted molar refractivity (Wildman–Crippen MR) is 88.2 cm³/mol. The molecule has 1 unspecified atom stereocenters. The summed E-state index contributed by atoms with van der Waals surface area (Å²) in [5.41, 5.74) is 0.556. The summed E-state index contributed by atoms with van der Waals surface area (Å²) in [6, 6.07) is 4.88. The van der Waals surface area contributed by atoms with Crippen LogP contribution in [0.1, 0.15) is 18.4 Å². The number of benzene rings is 1. The van der Waals surface area contributed by atoms with E-state index in [0.29, 0.717) is 30.2 Å². The quantitative estimate of drug-likeness (QED) is 0.806. The van der Waals surface area contributed by atoms with E-state index in [1.165, 1.54) is 4.31 Å². The summed E-state index contributed by atoms with van der Waals surface area (Å²) in [5.74, 6) is -0.808. The highest BCUT2D eigenvalue weighted by Crippen LogP contribution is 2.28. The summed E-state index contributed by atoms with van der Waals surface area (Å²) in [5, 5.41) is 11.9. The van der Waals surface area contributed by atoms with Crippen LogP contribution in [0.3, 0.4) is 0 Å². The van der Waals surface area contributed by atoms with Crippen LogP contribution in [0.25, 0.3) is 0 Å². The number of carboxylic acid groups (broad SMARTS) is 1. The van der Waals surface area contributed by atoms with Crippen LogP contribution in [0.15, 0.2) is 23.1 Å². The number of piperidine rings is 1. The molecule has 0 radical (unpaired) electrons. The predicted octanol–water partition coefficient (Wildman–Crippen LogP) is 1.72. The molecule has 0 amide bonds. The average Bonchev–Trinajstić information content (AvgIpc) is 2.50. The Balaban J connectivity index is 2.10. The van der Waals surface area contributed by atoms with Crippen LogP contribution in [0.2, 0.25) is 5.02 Å². The van der Waals surface area contributed by atoms with Gasteiger partial charge in [-0.15, -0.1) is 0 Å². The molecule has 1 aliphatic rings. The average molecular weight is 361 g/mol. The zero-order chi connectivity index (χ0) is 17.0. The van der Waals surface area contributed by atoms with Crippen molar-refractivity contribution in [3.63, 3.8) is 0 Å². The Labute approximate surface area is 141 Å². The molecular weight excluding hydrogens is 340 g/mol. The first-order valence-electron chi connectivity index (χ1n) is 7.50. The summed E-state index contributed by atoms with van der Waals surface area (Å²) in [6.45, 7) is 2.94. The van der Waals surface area contributed by atoms with Gasteiger partial charge in [0.05, 0.1) is 11.4 Å². The minimum atomic E-state index is -3.58. The number of sulfonamides is 1. The topological polar surface area (TPSA) is 86.7 Å². The van der Waals surface area contributed by atoms with Gasteiger partial charge in [-0.25, -0.2) is 8.42 Å². The molecule has 1 aromatic rings. The standard InChI is InChI=1S/C15H21ClN2O4S/c1-11-13(16)5-2-6-14(11)23(21,22)18-7-3-4-12(10-18)8-17-9-15(19)20/h2,5-6,12,17H,3-4,7-10H2,1H3,(H,19,20). The van der Waals surface area contributed by atoms with Crippen LogP contribution >= 0.6 is 11.6 Å². The van der Waals surface area contributed by atoms with Crippen LogP contribution in [-0.4, -0.2) is 50.0 Å². The molecule has 1 atom stereocenters. The van der Waals surface area contributed by atoms with E-state index in [1.807, 2.05) is 0 Å². The van der Waals surface area contributed by atoms with E-state index in [-0.39, 0.29) is 17.4 Å². The van der Waals surface area contributed by atoms with Gasteiger partial charge in [0.2, 0.25) is 10.0 Å². The van der Waals surface area contributed by atoms with E-state index in [2.05, 4.69) is 5.32 Å². The van der Waals surface area contributed by atoms with Gasteiger partial charge in [0.1, 0.15) is 0 Å². The second kappa shape index (κ2) is 7.61. The molecule has 128 valence electrons. The van der Waals surface area contributed by atoms with Crippen molar-refractivity contribution in [2.75, 3.05) is 26.2 Å². The first kappa shape index (κ1) is 18.2. The monoisotopic (exact) mass is 360 g/mol. The SMILES string of the molecule is Cc1c(Cl)cccc1S(=O)(=O)N1CCCC(CNCC(=O)O)C1. The fourth-order valence-electron chi connectivity index (χ4n) is 2.80. The molecule has 1 saturated heterocycles. The lowest BCUT2D eigenvalue weighted by Gasteiger charge is -2.32. The van der Waals surface area contributed by atoms with Gasteiger partial charge in [-0.1, -0.05) is 17.7 Å². The molecule has 0 aliphatic carbocycles. The fraction of sp³-hybridized carbons (Fsp3) is 0.533. The molecule has 0 saturated carbocycles. The number of hydrogen-bond donors (Lipinski definition) is 2. The highest BCUT2D eigenvalue weighted by atomic mass is 35.5. The van der Waals surface area contributed by atoms with Crippen molar-refractivity contribution < 1.29 is 18.3 Å². The number of halogens is 1. The van der Waals surface area contributed by atoms with Crippen molar-refractivity contribution in [3.05, 3.63) is 28.8 Å². The highest BCUT2D eigenvalue weighted by molar-refractivity contribution is 7.89. The van der Waals surface area contributed by atoms with E-state index in [0.717, 1.165) is 12.8 Å². The van der Waals surface area contributed by atoms with Crippen molar-refractivity contribution >= 4 is 27.6 Å². The molecule has 8 heteroatoms. The minimum absolute atomic E-state index is 0.109. The molecule has 1 aromatic carbocycles. The molecule has 0 spiro atoms. The largest absolute Gasteiger partial charge is 0.480 e. The van der Waals surface area contributed by atoms with Crippen LogP contribution in [0.5, 0.6) is 0 Å². The minimum Gasteiger partial charge on any atom is -0.480 e. The second-order valence-electron chi connectivity index (χ2n) is 5.76. The van der Waals surface area contributed by atoms with Crippen molar-refractivity contribution in [3.8, 4) is 0 Å². The molecular formula is C15H21ClN2O4S. The molecule has 6 nitrogen and oxygen atoms in total. The maximum atomic E-state index is 12.8. The van der Waals surface area contributed by atoms with Crippen molar-refractivity contribution in [2.24, 2.45) is 5.92 Å². The Kier molecular flexibility index (Phi) is 6.02. The summed E-state index contributed by atoms with van der Waals surface area (Å²) in [4.78, 5) is 10.8. The van der Waals surface area contributed by atoms with Crippen molar-refractivity contribution in [2.45, 2.75) is 24.7 Å². The summed E-state index contributed by atoms with van der Waals surface area (Å²) in [7, 11) is -3.58. The third kappa shape index (κ3) is 4.44. The van der Waals surface area contributed by atoms with Gasteiger partial charge in [-0.05, 0) is 49.9 Å². The Morgan fingerprint density at radius 1 is 1.48 bits per heavy atom. The van der Waals surface area contributed by atoms with E-state index in [4.69, 9.17) is 16.7 Å². The number of carbonyl (C=O) groups is 1. The van der Waals surface area contributed by atoms with Gasteiger partial charge in [0.15, 0.2) is 0 Å². The molecule has 1 heterocycles. The van der Waals surface area contributed by atoms with Gasteiger partial charge < -0.3 is 10.4 Å². The third-order valence-electron chi connectivity index (χ3n) is 4.03. The number of aliphatic carboxylic acids is 1. The smallest absolute Gasteiger partial charge is 0.317 e. The van der Waals surface area contributed by atoms with Crippen LogP contribution in [0, 0.1) is 12.8 Å². The van der Waals surface area contributed by atoms with Crippen LogP contribution in [0.4, 0.5) is 0 Å². The number of hydrogen-bond acceptors (Lipinski definition) is 4. The Hall–Kier alpha value is -1.15. The lowest BCUT2D eigenvalue weighted by atomic mass is 10.00. The van der Waals surface area contributed by atoms with E-state index < -0.39 is 16.0 Å². The van der Waals surface area contributed by atoms with Crippen molar-refractivity contribution in [1.29, 1.82) is 0 Å². The molecule has 2 N–H and O–H groups in total. The molecule has 1 fully saturated rings. The molecule has 0 bridgehead atoms. The number of nitrogens with zero attached hydrogens (tertiary/aromatic N) is 1. The second-order valence-corrected chi connectivity index (χ2v) is 8.07. The molecule has 2 rings (SSSR count). The Morgan fingerprint density at radius 3 is 2.91 bits per heavy atom. The van der Waals surface area contributed by atoms with Gasteiger partial charge in [0.25, 0.3) is 0 Å². The fourth-order valence-corrected chi connectivity index (χ4v) is 4.83. The van der Waals surface area contributed by atoms with E-state index in [1.54, 1.807) is 25.1 Å². The van der Waals surface area contributed by atoms with E-state index >= 15 is 0 Å². The molecule has 0 aromatic heterocycles. The summed E-state index contributed by atoms with van der Waals surface area (Å²) < 4.78 is 27.2. The maximum absolute atomic E-state index is 12.8. The van der Waals surface area contributed by atoms with Crippen molar-refractivity contribution in [1.82, 2.24) is 9.62 Å². The van der Waals surface area contributed by atoms with Crippen LogP contribution in [-0.2, 0) is 14.8 Å². The van der Waals surface area contributed by atoms with Gasteiger partial charge in [-0.2, -0.15) is 4.31 Å². The Morgan fingerprint density at radius 2 is 2.22 bits per heavy atom. The number of rotatable bonds is 6. The zero-order valence-electron chi connectivity index (χ0n) is 13.0. The first-order valence-corrected chi connectivity index (χ1v) is 9.32. The molecule has 1 aliphatic heterocycles. The zero-order valence-corrected chi connectivity index (χ0v) is 14.5.